The Morgan fingerprint density at radius 1 is 1.38 bits per heavy atom. The normalized spacial score (nSPS) is 15.9. The lowest BCUT2D eigenvalue weighted by Gasteiger charge is -2.32. The van der Waals surface area contributed by atoms with E-state index in [1.54, 1.807) is 16.2 Å². The fourth-order valence-electron chi connectivity index (χ4n) is 3.07. The third-order valence-corrected chi connectivity index (χ3v) is 6.43. The van der Waals surface area contributed by atoms with Crippen molar-refractivity contribution in [1.82, 2.24) is 20.5 Å². The number of rotatable bonds is 6. The van der Waals surface area contributed by atoms with E-state index in [0.29, 0.717) is 6.04 Å². The Kier molecular flexibility index (Phi) is 8.78. The average molecular weight is 505 g/mol. The van der Waals surface area contributed by atoms with Crippen molar-refractivity contribution in [1.29, 1.82) is 0 Å². The van der Waals surface area contributed by atoms with Gasteiger partial charge in [-0.3, -0.25) is 9.89 Å². The van der Waals surface area contributed by atoms with Gasteiger partial charge in [-0.15, -0.1) is 46.7 Å². The molecule has 0 fully saturated rings. The lowest BCUT2D eigenvalue weighted by atomic mass is 10.1. The number of thiophene rings is 1. The summed E-state index contributed by atoms with van der Waals surface area (Å²) in [6.07, 6.45) is 2.10. The molecule has 0 bridgehead atoms. The summed E-state index contributed by atoms with van der Waals surface area (Å²) in [5.41, 5.74) is 2.66. The van der Waals surface area contributed by atoms with Crippen LogP contribution < -0.4 is 10.6 Å². The van der Waals surface area contributed by atoms with E-state index in [1.807, 2.05) is 25.3 Å². The molecular formula is C18H28IN5S2. The Bertz CT molecular complexity index is 712. The van der Waals surface area contributed by atoms with Crippen LogP contribution in [0.1, 0.15) is 28.1 Å². The molecule has 0 saturated heterocycles. The van der Waals surface area contributed by atoms with Gasteiger partial charge in [0.2, 0.25) is 0 Å². The molecule has 0 radical (unpaired) electrons. The second kappa shape index (κ2) is 10.6. The molecule has 8 heteroatoms. The van der Waals surface area contributed by atoms with Crippen molar-refractivity contribution in [3.05, 3.63) is 38.0 Å². The van der Waals surface area contributed by atoms with E-state index in [0.717, 1.165) is 49.3 Å². The van der Waals surface area contributed by atoms with Crippen molar-refractivity contribution >= 4 is 52.6 Å². The quantitative estimate of drug-likeness (QED) is 0.360. The molecule has 3 heterocycles. The van der Waals surface area contributed by atoms with E-state index in [9.17, 15) is 0 Å². The average Bonchev–Trinajstić information content (AvgIpc) is 3.25. The monoisotopic (exact) mass is 505 g/mol. The number of guanidine groups is 1. The van der Waals surface area contributed by atoms with Gasteiger partial charge in [0, 0.05) is 55.9 Å². The van der Waals surface area contributed by atoms with Crippen LogP contribution in [0.15, 0.2) is 21.8 Å². The Morgan fingerprint density at radius 2 is 2.23 bits per heavy atom. The molecule has 26 heavy (non-hydrogen) atoms. The van der Waals surface area contributed by atoms with Crippen LogP contribution in [0.2, 0.25) is 0 Å². The number of aromatic nitrogens is 1. The van der Waals surface area contributed by atoms with E-state index in [2.05, 4.69) is 49.3 Å². The maximum absolute atomic E-state index is 4.50. The number of hydrogen-bond donors (Lipinski definition) is 2. The summed E-state index contributed by atoms with van der Waals surface area (Å²) in [6.45, 7) is 8.29. The maximum atomic E-state index is 4.50. The predicted molar refractivity (Wildman–Crippen MR) is 123 cm³/mol. The second-order valence-corrected chi connectivity index (χ2v) is 8.49. The molecular weight excluding hydrogens is 477 g/mol. The number of nitrogens with one attached hydrogen (secondary N) is 2. The lowest BCUT2D eigenvalue weighted by Crippen LogP contribution is -2.47. The molecule has 1 atom stereocenters. The van der Waals surface area contributed by atoms with E-state index >= 15 is 0 Å². The van der Waals surface area contributed by atoms with Crippen LogP contribution in [0.5, 0.6) is 0 Å². The SMILES string of the molecule is CN=C(NCCc1csc(C)n1)NCC(C)N1CCc2sccc2C1.I. The van der Waals surface area contributed by atoms with Crippen LogP contribution >= 0.6 is 46.7 Å². The van der Waals surface area contributed by atoms with Gasteiger partial charge in [-0.25, -0.2) is 4.98 Å². The number of aliphatic imine (C=N–C) groups is 1. The zero-order chi connectivity index (χ0) is 17.6. The zero-order valence-corrected chi connectivity index (χ0v) is 19.6. The largest absolute Gasteiger partial charge is 0.356 e. The van der Waals surface area contributed by atoms with E-state index in [-0.39, 0.29) is 24.0 Å². The first-order chi connectivity index (χ1) is 12.2. The molecule has 1 aliphatic heterocycles. The molecule has 5 nitrogen and oxygen atoms in total. The Balaban J connectivity index is 0.00000243. The minimum absolute atomic E-state index is 0. The highest BCUT2D eigenvalue weighted by Gasteiger charge is 2.21. The fourth-order valence-corrected chi connectivity index (χ4v) is 4.61. The van der Waals surface area contributed by atoms with Crippen molar-refractivity contribution in [3.8, 4) is 0 Å². The smallest absolute Gasteiger partial charge is 0.191 e. The maximum Gasteiger partial charge on any atom is 0.191 e. The highest BCUT2D eigenvalue weighted by Crippen LogP contribution is 2.24. The standard InChI is InChI=1S/C18H27N5S2.HI/c1-13(23-8-5-17-15(11-23)6-9-24-17)10-21-18(19-3)20-7-4-16-12-25-14(2)22-16;/h6,9,12-13H,4-5,7-8,10-11H2,1-3H3,(H2,19,20,21);1H. The Morgan fingerprint density at radius 3 is 2.96 bits per heavy atom. The molecule has 3 rings (SSSR count). The summed E-state index contributed by atoms with van der Waals surface area (Å²) in [6, 6.07) is 2.75. The molecule has 1 aliphatic rings. The number of nitrogens with zero attached hydrogens (tertiary/aromatic N) is 3. The molecule has 2 N–H and O–H groups in total. The van der Waals surface area contributed by atoms with Crippen molar-refractivity contribution < 1.29 is 0 Å². The first-order valence-electron chi connectivity index (χ1n) is 8.80. The van der Waals surface area contributed by atoms with Crippen molar-refractivity contribution in [2.24, 2.45) is 4.99 Å². The van der Waals surface area contributed by atoms with Gasteiger partial charge >= 0.3 is 0 Å². The lowest BCUT2D eigenvalue weighted by molar-refractivity contribution is 0.192. The van der Waals surface area contributed by atoms with Gasteiger partial charge in [0.25, 0.3) is 0 Å². The van der Waals surface area contributed by atoms with Gasteiger partial charge in [-0.2, -0.15) is 0 Å². The highest BCUT2D eigenvalue weighted by molar-refractivity contribution is 14.0. The third-order valence-electron chi connectivity index (χ3n) is 4.59. The van der Waals surface area contributed by atoms with Crippen molar-refractivity contribution in [2.45, 2.75) is 39.3 Å². The van der Waals surface area contributed by atoms with Gasteiger partial charge < -0.3 is 10.6 Å². The zero-order valence-electron chi connectivity index (χ0n) is 15.6. The highest BCUT2D eigenvalue weighted by atomic mass is 127. The van der Waals surface area contributed by atoms with Gasteiger partial charge in [0.05, 0.1) is 10.7 Å². The summed E-state index contributed by atoms with van der Waals surface area (Å²) in [4.78, 5) is 12.9. The molecule has 0 aromatic carbocycles. The molecule has 0 spiro atoms. The van der Waals surface area contributed by atoms with E-state index in [1.165, 1.54) is 12.0 Å². The Labute approximate surface area is 181 Å². The predicted octanol–water partition coefficient (Wildman–Crippen LogP) is 3.29. The van der Waals surface area contributed by atoms with Gasteiger partial charge in [0.1, 0.15) is 0 Å². The van der Waals surface area contributed by atoms with Crippen molar-refractivity contribution in [2.75, 3.05) is 26.7 Å². The minimum atomic E-state index is 0. The Hall–Kier alpha value is -0.710. The van der Waals surface area contributed by atoms with Crippen LogP contribution in [-0.2, 0) is 19.4 Å². The van der Waals surface area contributed by atoms with E-state index in [4.69, 9.17) is 0 Å². The number of fused-ring (bicyclic) bond motifs is 1. The van der Waals surface area contributed by atoms with E-state index < -0.39 is 0 Å². The summed E-state index contributed by atoms with van der Waals surface area (Å²) in [7, 11) is 1.82. The van der Waals surface area contributed by atoms with Crippen LogP contribution in [-0.4, -0.2) is 48.6 Å². The number of halogens is 1. The molecule has 0 saturated carbocycles. The minimum Gasteiger partial charge on any atom is -0.356 e. The van der Waals surface area contributed by atoms with Gasteiger partial charge in [-0.1, -0.05) is 0 Å². The molecule has 1 unspecified atom stereocenters. The number of thiazole rings is 1. The molecule has 2 aromatic heterocycles. The summed E-state index contributed by atoms with van der Waals surface area (Å²) in [5, 5.41) is 12.3. The van der Waals surface area contributed by atoms with Gasteiger partial charge in [0.15, 0.2) is 5.96 Å². The molecule has 144 valence electrons. The fraction of sp³-hybridized carbons (Fsp3) is 0.556. The first kappa shape index (κ1) is 21.6. The third kappa shape index (κ3) is 5.90. The molecule has 0 aliphatic carbocycles. The topological polar surface area (TPSA) is 52.6 Å². The molecule has 2 aromatic rings. The van der Waals surface area contributed by atoms with Crippen LogP contribution in [0, 0.1) is 6.92 Å². The van der Waals surface area contributed by atoms with Gasteiger partial charge in [-0.05, 0) is 37.3 Å². The number of aryl methyl sites for hydroxylation is 1. The summed E-state index contributed by atoms with van der Waals surface area (Å²) >= 11 is 3.60. The molecule has 0 amide bonds. The number of hydrogen-bond acceptors (Lipinski definition) is 5. The summed E-state index contributed by atoms with van der Waals surface area (Å²) < 4.78 is 0. The second-order valence-electron chi connectivity index (χ2n) is 6.43. The first-order valence-corrected chi connectivity index (χ1v) is 10.6. The van der Waals surface area contributed by atoms with Crippen molar-refractivity contribution in [3.63, 3.8) is 0 Å². The van der Waals surface area contributed by atoms with Crippen LogP contribution in [0.3, 0.4) is 0 Å². The van der Waals surface area contributed by atoms with Crippen LogP contribution in [0.25, 0.3) is 0 Å². The summed E-state index contributed by atoms with van der Waals surface area (Å²) in [5.74, 6) is 0.868. The van der Waals surface area contributed by atoms with Crippen LogP contribution in [0.4, 0.5) is 0 Å².